The number of hydrogen-bond acceptors (Lipinski definition) is 4. The first-order valence-corrected chi connectivity index (χ1v) is 8.65. The number of hydrogen-bond donors (Lipinski definition) is 1. The van der Waals surface area contributed by atoms with Crippen molar-refractivity contribution in [3.05, 3.63) is 59.4 Å². The monoisotopic (exact) mass is 339 g/mol. The fourth-order valence-corrected chi connectivity index (χ4v) is 2.91. The lowest BCUT2D eigenvalue weighted by Crippen LogP contribution is -2.41. The average Bonchev–Trinajstić information content (AvgIpc) is 2.75. The van der Waals surface area contributed by atoms with Gasteiger partial charge >= 0.3 is 7.12 Å². The molecule has 2 heterocycles. The highest BCUT2D eigenvalue weighted by Gasteiger charge is 2.51. The van der Waals surface area contributed by atoms with Crippen molar-refractivity contribution in [1.82, 2.24) is 4.98 Å². The zero-order valence-corrected chi connectivity index (χ0v) is 15.8. The average molecular weight is 339 g/mol. The summed E-state index contributed by atoms with van der Waals surface area (Å²) in [6.45, 7) is 11.8. The van der Waals surface area contributed by atoms with E-state index < -0.39 is 12.7 Å². The van der Waals surface area contributed by atoms with E-state index in [1.165, 1.54) is 0 Å². The molecular weight excluding hydrogens is 313 g/mol. The van der Waals surface area contributed by atoms with Crippen LogP contribution in [-0.2, 0) is 14.9 Å². The fraction of sp³-hybridized carbons (Fsp3) is 0.450. The molecule has 1 N–H and O–H groups in total. The Morgan fingerprint density at radius 2 is 1.52 bits per heavy atom. The third-order valence-electron chi connectivity index (χ3n) is 5.39. The third-order valence-corrected chi connectivity index (χ3v) is 5.39. The molecule has 2 aromatic rings. The number of pyridine rings is 1. The van der Waals surface area contributed by atoms with Crippen LogP contribution in [0.3, 0.4) is 0 Å². The molecule has 4 nitrogen and oxygen atoms in total. The highest BCUT2D eigenvalue weighted by molar-refractivity contribution is 6.62. The van der Waals surface area contributed by atoms with Crippen molar-refractivity contribution in [2.24, 2.45) is 0 Å². The van der Waals surface area contributed by atoms with Gasteiger partial charge in [0.25, 0.3) is 0 Å². The molecule has 1 fully saturated rings. The highest BCUT2D eigenvalue weighted by atomic mass is 16.7. The van der Waals surface area contributed by atoms with Crippen LogP contribution in [0.2, 0.25) is 0 Å². The van der Waals surface area contributed by atoms with Gasteiger partial charge in [-0.05, 0) is 64.7 Å². The van der Waals surface area contributed by atoms with E-state index in [1.54, 1.807) is 6.92 Å². The van der Waals surface area contributed by atoms with E-state index in [0.717, 1.165) is 16.7 Å². The van der Waals surface area contributed by atoms with Crippen LogP contribution < -0.4 is 5.46 Å². The van der Waals surface area contributed by atoms with Crippen LogP contribution >= 0.6 is 0 Å². The summed E-state index contributed by atoms with van der Waals surface area (Å²) in [6.07, 6.45) is 0. The largest absolute Gasteiger partial charge is 0.494 e. The molecule has 1 aromatic carbocycles. The van der Waals surface area contributed by atoms with Gasteiger partial charge in [-0.1, -0.05) is 30.3 Å². The molecule has 25 heavy (non-hydrogen) atoms. The summed E-state index contributed by atoms with van der Waals surface area (Å²) < 4.78 is 12.2. The minimum Gasteiger partial charge on any atom is -0.399 e. The lowest BCUT2D eigenvalue weighted by atomic mass is 9.77. The first kappa shape index (κ1) is 18.1. The summed E-state index contributed by atoms with van der Waals surface area (Å²) in [6, 6.07) is 13.4. The molecule has 0 radical (unpaired) electrons. The zero-order valence-electron chi connectivity index (χ0n) is 15.8. The molecule has 0 spiro atoms. The Kier molecular flexibility index (Phi) is 4.30. The van der Waals surface area contributed by atoms with Crippen LogP contribution in [0.15, 0.2) is 42.5 Å². The molecular formula is C20H26BNO3. The quantitative estimate of drug-likeness (QED) is 0.874. The van der Waals surface area contributed by atoms with E-state index in [4.69, 9.17) is 9.31 Å². The molecule has 1 atom stereocenters. The number of aryl methyl sites for hydroxylation is 1. The molecule has 3 rings (SSSR count). The van der Waals surface area contributed by atoms with Gasteiger partial charge in [0.1, 0.15) is 5.60 Å². The van der Waals surface area contributed by atoms with E-state index in [9.17, 15) is 5.11 Å². The maximum atomic E-state index is 11.0. The van der Waals surface area contributed by atoms with Gasteiger partial charge in [0.05, 0.1) is 16.9 Å². The van der Waals surface area contributed by atoms with Crippen LogP contribution in [0.5, 0.6) is 0 Å². The lowest BCUT2D eigenvalue weighted by Gasteiger charge is -2.32. The smallest absolute Gasteiger partial charge is 0.399 e. The van der Waals surface area contributed by atoms with Gasteiger partial charge in [-0.25, -0.2) is 0 Å². The normalized spacial score (nSPS) is 21.2. The molecule has 0 bridgehead atoms. The maximum Gasteiger partial charge on any atom is 0.494 e. The topological polar surface area (TPSA) is 51.6 Å². The van der Waals surface area contributed by atoms with E-state index in [0.29, 0.717) is 5.69 Å². The highest BCUT2D eigenvalue weighted by Crippen LogP contribution is 2.36. The Labute approximate surface area is 150 Å². The molecule has 1 aromatic heterocycles. The minimum atomic E-state index is -1.15. The molecule has 1 unspecified atom stereocenters. The summed E-state index contributed by atoms with van der Waals surface area (Å²) in [5.74, 6) is 0. The third kappa shape index (κ3) is 3.24. The number of aliphatic hydroxyl groups is 1. The Morgan fingerprint density at radius 3 is 2.04 bits per heavy atom. The van der Waals surface area contributed by atoms with Crippen LogP contribution in [-0.4, -0.2) is 28.4 Å². The van der Waals surface area contributed by atoms with Crippen molar-refractivity contribution in [2.75, 3.05) is 0 Å². The molecule has 0 aliphatic carbocycles. The van der Waals surface area contributed by atoms with Crippen molar-refractivity contribution in [3.63, 3.8) is 0 Å². The second kappa shape index (κ2) is 5.94. The van der Waals surface area contributed by atoms with Crippen LogP contribution in [0, 0.1) is 6.92 Å². The van der Waals surface area contributed by atoms with E-state index in [-0.39, 0.29) is 11.2 Å². The fourth-order valence-electron chi connectivity index (χ4n) is 2.91. The Hall–Kier alpha value is -1.69. The lowest BCUT2D eigenvalue weighted by molar-refractivity contribution is 0.00578. The van der Waals surface area contributed by atoms with Gasteiger partial charge in [-0.3, -0.25) is 4.98 Å². The zero-order chi connectivity index (χ0) is 18.5. The number of nitrogens with zero attached hydrogens (tertiary/aromatic N) is 1. The van der Waals surface area contributed by atoms with Crippen molar-refractivity contribution in [3.8, 4) is 0 Å². The van der Waals surface area contributed by atoms with Gasteiger partial charge < -0.3 is 14.4 Å². The standard InChI is InChI=1S/C20H26BNO3/c1-14-8-7-9-17(22-14)20(6,23)15-10-12-16(13-11-15)21-24-18(2,3)19(4,5)25-21/h7-13,23H,1-6H3. The predicted molar refractivity (Wildman–Crippen MR) is 99.8 cm³/mol. The second-order valence-electron chi connectivity index (χ2n) is 7.95. The van der Waals surface area contributed by atoms with Crippen molar-refractivity contribution >= 4 is 12.6 Å². The summed E-state index contributed by atoms with van der Waals surface area (Å²) in [4.78, 5) is 4.46. The van der Waals surface area contributed by atoms with Gasteiger partial charge in [0.2, 0.25) is 0 Å². The molecule has 132 valence electrons. The summed E-state index contributed by atoms with van der Waals surface area (Å²) in [5.41, 5.74) is 1.35. The summed E-state index contributed by atoms with van der Waals surface area (Å²) in [7, 11) is -0.402. The van der Waals surface area contributed by atoms with Gasteiger partial charge in [0, 0.05) is 5.69 Å². The van der Waals surface area contributed by atoms with Gasteiger partial charge in [0.15, 0.2) is 0 Å². The molecule has 1 aliphatic heterocycles. The summed E-state index contributed by atoms with van der Waals surface area (Å²) >= 11 is 0. The van der Waals surface area contributed by atoms with Crippen LogP contribution in [0.25, 0.3) is 0 Å². The van der Waals surface area contributed by atoms with Crippen molar-refractivity contribution in [1.29, 1.82) is 0 Å². The predicted octanol–water partition coefficient (Wildman–Crippen LogP) is 2.95. The van der Waals surface area contributed by atoms with E-state index in [2.05, 4.69) is 4.98 Å². The number of aromatic nitrogens is 1. The van der Waals surface area contributed by atoms with E-state index in [1.807, 2.05) is 77.1 Å². The second-order valence-corrected chi connectivity index (χ2v) is 7.95. The Morgan fingerprint density at radius 1 is 0.960 bits per heavy atom. The first-order chi connectivity index (χ1) is 11.5. The molecule has 5 heteroatoms. The molecule has 1 aliphatic rings. The molecule has 0 amide bonds. The molecule has 0 saturated carbocycles. The maximum absolute atomic E-state index is 11.0. The van der Waals surface area contributed by atoms with Crippen LogP contribution in [0.4, 0.5) is 0 Å². The first-order valence-electron chi connectivity index (χ1n) is 8.65. The van der Waals surface area contributed by atoms with E-state index >= 15 is 0 Å². The number of rotatable bonds is 3. The van der Waals surface area contributed by atoms with Gasteiger partial charge in [-0.15, -0.1) is 0 Å². The summed E-state index contributed by atoms with van der Waals surface area (Å²) in [5, 5.41) is 11.0. The number of benzene rings is 1. The Balaban J connectivity index is 1.86. The minimum absolute atomic E-state index is 0.368. The van der Waals surface area contributed by atoms with Gasteiger partial charge in [-0.2, -0.15) is 0 Å². The van der Waals surface area contributed by atoms with Crippen molar-refractivity contribution in [2.45, 2.75) is 58.3 Å². The Bertz CT molecular complexity index is 753. The SMILES string of the molecule is Cc1cccc(C(C)(O)c2ccc(B3OC(C)(C)C(C)(C)O3)cc2)n1. The molecule has 1 saturated heterocycles. The van der Waals surface area contributed by atoms with Crippen molar-refractivity contribution < 1.29 is 14.4 Å². The van der Waals surface area contributed by atoms with Crippen LogP contribution in [0.1, 0.15) is 51.6 Å².